The lowest BCUT2D eigenvalue weighted by molar-refractivity contribution is 0.586. The zero-order valence-electron chi connectivity index (χ0n) is 8.39. The summed E-state index contributed by atoms with van der Waals surface area (Å²) in [5, 5.41) is 12.6. The van der Waals surface area contributed by atoms with Crippen molar-refractivity contribution in [2.45, 2.75) is 6.54 Å². The molecule has 0 aliphatic carbocycles. The van der Waals surface area contributed by atoms with Crippen LogP contribution in [0, 0.1) is 17.1 Å². The Morgan fingerprint density at radius 2 is 2.19 bits per heavy atom. The number of benzene rings is 1. The van der Waals surface area contributed by atoms with E-state index < -0.39 is 0 Å². The van der Waals surface area contributed by atoms with Gasteiger partial charge in [0.05, 0.1) is 6.54 Å². The first-order valence-electron chi connectivity index (χ1n) is 4.67. The van der Waals surface area contributed by atoms with E-state index in [0.717, 1.165) is 0 Å². The highest BCUT2D eigenvalue weighted by Gasteiger charge is 2.07. The first kappa shape index (κ1) is 10.2. The van der Waals surface area contributed by atoms with Crippen molar-refractivity contribution in [1.82, 2.24) is 9.78 Å². The van der Waals surface area contributed by atoms with Crippen molar-refractivity contribution >= 4 is 5.82 Å². The molecule has 4 nitrogen and oxygen atoms in total. The van der Waals surface area contributed by atoms with Gasteiger partial charge in [-0.15, -0.1) is 0 Å². The number of rotatable bonds is 2. The van der Waals surface area contributed by atoms with Crippen LogP contribution >= 0.6 is 0 Å². The predicted molar refractivity (Wildman–Crippen MR) is 56.9 cm³/mol. The Kier molecular flexibility index (Phi) is 2.56. The predicted octanol–water partition coefficient (Wildman–Crippen LogP) is 1.52. The molecule has 80 valence electrons. The molecule has 0 aliphatic heterocycles. The van der Waals surface area contributed by atoms with E-state index in [1.54, 1.807) is 18.2 Å². The van der Waals surface area contributed by atoms with Crippen LogP contribution in [-0.4, -0.2) is 9.78 Å². The molecule has 1 heterocycles. The summed E-state index contributed by atoms with van der Waals surface area (Å²) in [5.41, 5.74) is 6.31. The molecule has 0 atom stereocenters. The Labute approximate surface area is 91.7 Å². The standard InChI is InChI=1S/C11H9FN4/c12-10-4-2-1-3-8(10)6-16-7-9(5-13)11(14)15-16/h1-4,7H,6H2,(H2,14,15). The normalized spacial score (nSPS) is 10.0. The molecular weight excluding hydrogens is 207 g/mol. The van der Waals surface area contributed by atoms with Crippen LogP contribution in [-0.2, 0) is 6.54 Å². The molecule has 2 N–H and O–H groups in total. The number of aromatic nitrogens is 2. The molecule has 0 saturated carbocycles. The van der Waals surface area contributed by atoms with Crippen LogP contribution in [0.15, 0.2) is 30.5 Å². The molecule has 5 heteroatoms. The highest BCUT2D eigenvalue weighted by molar-refractivity contribution is 5.46. The number of nitrogens with zero attached hydrogens (tertiary/aromatic N) is 3. The van der Waals surface area contributed by atoms with Crippen molar-refractivity contribution in [3.05, 3.63) is 47.4 Å². The Morgan fingerprint density at radius 1 is 1.44 bits per heavy atom. The second-order valence-corrected chi connectivity index (χ2v) is 3.33. The first-order valence-corrected chi connectivity index (χ1v) is 4.67. The second kappa shape index (κ2) is 4.03. The summed E-state index contributed by atoms with van der Waals surface area (Å²) >= 11 is 0. The van der Waals surface area contributed by atoms with Crippen LogP contribution in [0.5, 0.6) is 0 Å². The van der Waals surface area contributed by atoms with E-state index in [-0.39, 0.29) is 18.2 Å². The Bertz CT molecular complexity index is 553. The average molecular weight is 216 g/mol. The fraction of sp³-hybridized carbons (Fsp3) is 0.0909. The number of nitriles is 1. The van der Waals surface area contributed by atoms with Gasteiger partial charge in [0.15, 0.2) is 5.82 Å². The zero-order valence-corrected chi connectivity index (χ0v) is 8.39. The molecule has 1 aromatic heterocycles. The van der Waals surface area contributed by atoms with Gasteiger partial charge in [-0.05, 0) is 6.07 Å². The van der Waals surface area contributed by atoms with Crippen molar-refractivity contribution in [3.63, 3.8) is 0 Å². The lowest BCUT2D eigenvalue weighted by Crippen LogP contribution is -2.02. The van der Waals surface area contributed by atoms with Gasteiger partial charge in [-0.3, -0.25) is 4.68 Å². The summed E-state index contributed by atoms with van der Waals surface area (Å²) in [6.45, 7) is 0.262. The minimum absolute atomic E-state index is 0.166. The fourth-order valence-corrected chi connectivity index (χ4v) is 1.40. The molecular formula is C11H9FN4. The molecule has 0 bridgehead atoms. The molecule has 0 amide bonds. The number of hydrogen-bond acceptors (Lipinski definition) is 3. The van der Waals surface area contributed by atoms with Crippen LogP contribution in [0.3, 0.4) is 0 Å². The van der Waals surface area contributed by atoms with Crippen LogP contribution in [0.1, 0.15) is 11.1 Å². The third-order valence-electron chi connectivity index (χ3n) is 2.20. The van der Waals surface area contributed by atoms with Gasteiger partial charge in [-0.2, -0.15) is 10.4 Å². The van der Waals surface area contributed by atoms with Crippen LogP contribution < -0.4 is 5.73 Å². The van der Waals surface area contributed by atoms with Crippen LogP contribution in [0.4, 0.5) is 10.2 Å². The number of hydrogen-bond donors (Lipinski definition) is 1. The lowest BCUT2D eigenvalue weighted by Gasteiger charge is -2.02. The molecule has 2 rings (SSSR count). The molecule has 0 aliphatic rings. The van der Waals surface area contributed by atoms with E-state index in [4.69, 9.17) is 11.0 Å². The van der Waals surface area contributed by atoms with Gasteiger partial charge in [0.25, 0.3) is 0 Å². The third-order valence-corrected chi connectivity index (χ3v) is 2.20. The van der Waals surface area contributed by atoms with Crippen LogP contribution in [0.25, 0.3) is 0 Å². The van der Waals surface area contributed by atoms with Crippen molar-refractivity contribution < 1.29 is 4.39 Å². The Morgan fingerprint density at radius 3 is 2.81 bits per heavy atom. The molecule has 0 saturated heterocycles. The van der Waals surface area contributed by atoms with Crippen molar-refractivity contribution in [2.75, 3.05) is 5.73 Å². The van der Waals surface area contributed by atoms with Crippen molar-refractivity contribution in [1.29, 1.82) is 5.26 Å². The third kappa shape index (κ3) is 1.86. The van der Waals surface area contributed by atoms with Gasteiger partial charge in [-0.25, -0.2) is 4.39 Å². The van der Waals surface area contributed by atoms with Gasteiger partial charge in [0, 0.05) is 11.8 Å². The minimum atomic E-state index is -0.296. The summed E-state index contributed by atoms with van der Waals surface area (Å²) in [5.74, 6) is -0.131. The molecule has 0 unspecified atom stereocenters. The smallest absolute Gasteiger partial charge is 0.163 e. The Balaban J connectivity index is 2.28. The maximum Gasteiger partial charge on any atom is 0.163 e. The summed E-state index contributed by atoms with van der Waals surface area (Å²) in [7, 11) is 0. The highest BCUT2D eigenvalue weighted by atomic mass is 19.1. The summed E-state index contributed by atoms with van der Waals surface area (Å²) < 4.78 is 14.8. The molecule has 1 aromatic carbocycles. The SMILES string of the molecule is N#Cc1cn(Cc2ccccc2F)nc1N. The summed E-state index contributed by atoms with van der Waals surface area (Å²) in [6, 6.07) is 8.33. The minimum Gasteiger partial charge on any atom is -0.381 e. The largest absolute Gasteiger partial charge is 0.381 e. The number of anilines is 1. The van der Waals surface area contributed by atoms with Crippen molar-refractivity contribution in [2.24, 2.45) is 0 Å². The Hall–Kier alpha value is -2.35. The maximum absolute atomic E-state index is 13.3. The van der Waals surface area contributed by atoms with Gasteiger partial charge < -0.3 is 5.73 Å². The zero-order chi connectivity index (χ0) is 11.5. The summed E-state index contributed by atoms with van der Waals surface area (Å²) in [6.07, 6.45) is 1.50. The lowest BCUT2D eigenvalue weighted by atomic mass is 10.2. The van der Waals surface area contributed by atoms with E-state index in [9.17, 15) is 4.39 Å². The number of nitrogen functional groups attached to an aromatic ring is 1. The van der Waals surface area contributed by atoms with Gasteiger partial charge in [0.2, 0.25) is 0 Å². The second-order valence-electron chi connectivity index (χ2n) is 3.33. The van der Waals surface area contributed by atoms with Gasteiger partial charge in [0.1, 0.15) is 17.4 Å². The molecule has 0 spiro atoms. The number of halogens is 1. The van der Waals surface area contributed by atoms with Crippen LogP contribution in [0.2, 0.25) is 0 Å². The monoisotopic (exact) mass is 216 g/mol. The highest BCUT2D eigenvalue weighted by Crippen LogP contribution is 2.11. The molecule has 0 fully saturated rings. The summed E-state index contributed by atoms with van der Waals surface area (Å²) in [4.78, 5) is 0. The molecule has 16 heavy (non-hydrogen) atoms. The first-order chi connectivity index (χ1) is 7.70. The van der Waals surface area contributed by atoms with E-state index in [1.165, 1.54) is 16.9 Å². The topological polar surface area (TPSA) is 67.6 Å². The average Bonchev–Trinajstić information content (AvgIpc) is 2.62. The van der Waals surface area contributed by atoms with Gasteiger partial charge in [-0.1, -0.05) is 18.2 Å². The van der Waals surface area contributed by atoms with E-state index in [1.807, 2.05) is 6.07 Å². The fourth-order valence-electron chi connectivity index (χ4n) is 1.40. The van der Waals surface area contributed by atoms with Gasteiger partial charge >= 0.3 is 0 Å². The molecule has 0 radical (unpaired) electrons. The van der Waals surface area contributed by atoms with Crippen molar-refractivity contribution in [3.8, 4) is 6.07 Å². The maximum atomic E-state index is 13.3. The van der Waals surface area contributed by atoms with E-state index in [0.29, 0.717) is 11.1 Å². The van der Waals surface area contributed by atoms with E-state index >= 15 is 0 Å². The molecule has 2 aromatic rings. The quantitative estimate of drug-likeness (QED) is 0.827. The number of nitrogens with two attached hydrogens (primary N) is 1. The van der Waals surface area contributed by atoms with E-state index in [2.05, 4.69) is 5.10 Å².